The van der Waals surface area contributed by atoms with Crippen molar-refractivity contribution in [1.29, 1.82) is 5.26 Å². The van der Waals surface area contributed by atoms with Gasteiger partial charge in [0.2, 0.25) is 6.61 Å². The molecule has 34 heavy (non-hydrogen) atoms. The second kappa shape index (κ2) is 25.4. The van der Waals surface area contributed by atoms with E-state index in [1.165, 1.54) is 56.9 Å². The number of nitrogens with zero attached hydrogens (tertiary/aromatic N) is 1. The van der Waals surface area contributed by atoms with Gasteiger partial charge in [0.25, 0.3) is 0 Å². The number of amides is 1. The van der Waals surface area contributed by atoms with E-state index >= 15 is 0 Å². The Morgan fingerprint density at radius 1 is 0.971 bits per heavy atom. The fourth-order valence-electron chi connectivity index (χ4n) is 2.90. The van der Waals surface area contributed by atoms with Crippen molar-refractivity contribution in [2.24, 2.45) is 0 Å². The highest BCUT2D eigenvalue weighted by Gasteiger charge is 2.09. The van der Waals surface area contributed by atoms with Crippen molar-refractivity contribution < 1.29 is 13.7 Å². The van der Waals surface area contributed by atoms with E-state index in [4.69, 9.17) is 10.4 Å². The zero-order chi connectivity index (χ0) is 26.0. The van der Waals surface area contributed by atoms with Crippen LogP contribution in [0.15, 0.2) is 48.5 Å². The van der Waals surface area contributed by atoms with Crippen molar-refractivity contribution in [1.82, 2.24) is 0 Å². The first kappa shape index (κ1) is 34.0. The van der Waals surface area contributed by atoms with Crippen molar-refractivity contribution in [3.05, 3.63) is 65.2 Å². The van der Waals surface area contributed by atoms with Crippen LogP contribution in [0.5, 0.6) is 0 Å². The number of aryl methyl sites for hydroxylation is 2. The maximum absolute atomic E-state index is 11.0. The third-order valence-electron chi connectivity index (χ3n) is 4.66. The zero-order valence-electron chi connectivity index (χ0n) is 21.6. The second-order valence-electron chi connectivity index (χ2n) is 7.64. The molecule has 5 nitrogen and oxygen atoms in total. The summed E-state index contributed by atoms with van der Waals surface area (Å²) in [5.41, 5.74) is 3.20. The predicted octanol–water partition coefficient (Wildman–Crippen LogP) is 7.48. The van der Waals surface area contributed by atoms with Gasteiger partial charge in [0, 0.05) is 0 Å². The number of halogens is 1. The number of carbonyl (C=O) groups is 1. The number of rotatable bonds is 9. The van der Waals surface area contributed by atoms with E-state index in [-0.39, 0.29) is 6.61 Å². The summed E-state index contributed by atoms with van der Waals surface area (Å²) in [5.74, 6) is -0.407. The van der Waals surface area contributed by atoms with E-state index in [2.05, 4.69) is 76.5 Å². The van der Waals surface area contributed by atoms with Crippen molar-refractivity contribution >= 4 is 27.9 Å². The molecule has 2 aromatic rings. The van der Waals surface area contributed by atoms with E-state index in [9.17, 15) is 4.79 Å². The van der Waals surface area contributed by atoms with Crippen LogP contribution >= 0.6 is 16.3 Å². The molecule has 0 aromatic heterocycles. The highest BCUT2D eigenvalue weighted by molar-refractivity contribution is 9.06. The van der Waals surface area contributed by atoms with Crippen LogP contribution in [-0.4, -0.2) is 24.7 Å². The molecule has 0 saturated carbocycles. The van der Waals surface area contributed by atoms with Gasteiger partial charge in [-0.05, 0) is 30.5 Å². The first-order chi connectivity index (χ1) is 16.4. The number of anilines is 1. The largest absolute Gasteiger partial charge is 0.438 e. The lowest BCUT2D eigenvalue weighted by Gasteiger charge is -2.07. The first-order valence-electron chi connectivity index (χ1n) is 12.1. The molecule has 0 radical (unpaired) electrons. The average Bonchev–Trinajstić information content (AvgIpc) is 2.85. The molecule has 0 atom stereocenters. The second-order valence-corrected chi connectivity index (χ2v) is 8.29. The quantitative estimate of drug-likeness (QED) is 0.266. The van der Waals surface area contributed by atoms with E-state index in [1.54, 1.807) is 32.2 Å². The van der Waals surface area contributed by atoms with Gasteiger partial charge in [-0.3, -0.25) is 4.79 Å². The summed E-state index contributed by atoms with van der Waals surface area (Å²) in [5, 5.41) is 18.2. The minimum atomic E-state index is -0.407. The minimum Gasteiger partial charge on any atom is -0.438 e. The van der Waals surface area contributed by atoms with Gasteiger partial charge in [-0.2, -0.15) is 5.26 Å². The average molecular weight is 537 g/mol. The molecule has 1 amide bonds. The molecule has 0 aliphatic carbocycles. The molecule has 0 fully saturated rings. The van der Waals surface area contributed by atoms with Gasteiger partial charge in [0.05, 0.1) is 34.6 Å². The molecule has 0 spiro atoms. The molecule has 3 N–H and O–H groups in total. The normalized spacial score (nSPS) is 9.12. The monoisotopic (exact) mass is 535 g/mol. The maximum atomic E-state index is 11.0. The summed E-state index contributed by atoms with van der Waals surface area (Å²) in [6, 6.07) is 17.8. The molecule has 6 heteroatoms. The topological polar surface area (TPSA) is 85.0 Å². The lowest BCUT2D eigenvalue weighted by Crippen LogP contribution is -2.17. The molecule has 0 heterocycles. The highest BCUT2D eigenvalue weighted by Crippen LogP contribution is 2.19. The number of benzene rings is 2. The highest BCUT2D eigenvalue weighted by atomic mass is 79.9. The van der Waals surface area contributed by atoms with Crippen molar-refractivity contribution in [2.45, 2.75) is 79.1 Å². The zero-order valence-corrected chi connectivity index (χ0v) is 23.2. The Morgan fingerprint density at radius 3 is 1.97 bits per heavy atom. The van der Waals surface area contributed by atoms with Crippen LogP contribution in [0.1, 0.15) is 82.4 Å². The lowest BCUT2D eigenvalue weighted by atomic mass is 10.1. The van der Waals surface area contributed by atoms with E-state index in [1.807, 2.05) is 6.07 Å². The summed E-state index contributed by atoms with van der Waals surface area (Å²) in [7, 11) is 1.54. The molecule has 2 aromatic carbocycles. The molecule has 0 saturated heterocycles. The molecule has 0 unspecified atom stereocenters. The Hall–Kier alpha value is -2.20. The standard InChI is InChI=1S/C10H10N2O2.C9H12.C8H18.CH3BrO/c1-7-3-2-4-8(5-11)10(7)12-9(14)6-13;1-2-6-9-7-4-3-5-8-9;1-3-5-7-8-6-4-2;1-3-2/h2-4,13H,6H2,1H3,(H,12,14);3-5,7-8H,2,6H2,1H3;3-8H2,1-2H3;1H3/p+1. The number of nitrogens with one attached hydrogen (secondary N) is 1. The van der Waals surface area contributed by atoms with Crippen LogP contribution in [0.25, 0.3) is 0 Å². The van der Waals surface area contributed by atoms with Crippen LogP contribution in [0.3, 0.4) is 0 Å². The predicted molar refractivity (Wildman–Crippen MR) is 148 cm³/mol. The maximum Gasteiger partial charge on any atom is 0.300 e. The fourth-order valence-corrected chi connectivity index (χ4v) is 2.90. The number of hydrogen-bond acceptors (Lipinski definition) is 3. The summed E-state index contributed by atoms with van der Waals surface area (Å²) in [4.78, 5) is 11.0. The van der Waals surface area contributed by atoms with Gasteiger partial charge in [0.1, 0.15) is 6.07 Å². The Labute approximate surface area is 216 Å². The van der Waals surface area contributed by atoms with Gasteiger partial charge >= 0.3 is 5.91 Å². The first-order valence-corrected chi connectivity index (χ1v) is 12.7. The third-order valence-corrected chi connectivity index (χ3v) is 4.66. The molecule has 190 valence electrons. The molecular weight excluding hydrogens is 492 g/mol. The van der Waals surface area contributed by atoms with E-state index < -0.39 is 5.91 Å². The Bertz CT molecular complexity index is 771. The van der Waals surface area contributed by atoms with Crippen molar-refractivity contribution in [3.63, 3.8) is 0 Å². The molecule has 0 aliphatic rings. The van der Waals surface area contributed by atoms with E-state index in [0.717, 1.165) is 5.56 Å². The molecule has 0 aliphatic heterocycles. The number of nitriles is 1. The Morgan fingerprint density at radius 2 is 1.53 bits per heavy atom. The van der Waals surface area contributed by atoms with Crippen LogP contribution in [0.4, 0.5) is 5.69 Å². The SMILES string of the molecule is CCCCCCCC.CCCc1ccccc1.COBr.Cc1cccc(C#N)c1NC(=O)C[OH2+]. The minimum absolute atomic E-state index is 0.334. The van der Waals surface area contributed by atoms with Gasteiger partial charge in [-0.15, -0.1) is 0 Å². The molecule has 0 bridgehead atoms. The van der Waals surface area contributed by atoms with Gasteiger partial charge in [-0.25, -0.2) is 0 Å². The summed E-state index contributed by atoms with van der Waals surface area (Å²) in [6.45, 7) is 8.19. The molecule has 2 rings (SSSR count). The third kappa shape index (κ3) is 19.3. The van der Waals surface area contributed by atoms with Gasteiger partial charge < -0.3 is 14.3 Å². The summed E-state index contributed by atoms with van der Waals surface area (Å²) < 4.78 is 4.06. The fraction of sp³-hybridized carbons (Fsp3) is 0.500. The van der Waals surface area contributed by atoms with Crippen LogP contribution in [0, 0.1) is 18.3 Å². The Balaban J connectivity index is 0. The van der Waals surface area contributed by atoms with Crippen molar-refractivity contribution in [3.8, 4) is 6.07 Å². The summed E-state index contributed by atoms with van der Waals surface area (Å²) in [6.07, 6.45) is 10.9. The summed E-state index contributed by atoms with van der Waals surface area (Å²) >= 11 is 2.65. The van der Waals surface area contributed by atoms with E-state index in [0.29, 0.717) is 11.3 Å². The number of carbonyl (C=O) groups excluding carboxylic acids is 1. The van der Waals surface area contributed by atoms with Crippen LogP contribution < -0.4 is 5.32 Å². The molecular formula is C28H44BrN2O3+. The van der Waals surface area contributed by atoms with Crippen molar-refractivity contribution in [2.75, 3.05) is 19.0 Å². The number of para-hydroxylation sites is 1. The number of unbranched alkanes of at least 4 members (excludes halogenated alkanes) is 5. The van der Waals surface area contributed by atoms with Crippen LogP contribution in [-0.2, 0) is 15.0 Å². The lowest BCUT2D eigenvalue weighted by molar-refractivity contribution is -0.118. The Kier molecular flexibility index (Phi) is 25.4. The van der Waals surface area contributed by atoms with Gasteiger partial charge in [-0.1, -0.05) is 108 Å². The number of hydrogen-bond donors (Lipinski definition) is 1. The smallest absolute Gasteiger partial charge is 0.300 e. The van der Waals surface area contributed by atoms with Crippen LogP contribution in [0.2, 0.25) is 0 Å². The van der Waals surface area contributed by atoms with Gasteiger partial charge in [0.15, 0.2) is 0 Å².